The fourth-order valence-corrected chi connectivity index (χ4v) is 3.50. The van der Waals surface area contributed by atoms with Crippen LogP contribution in [0.4, 0.5) is 19.1 Å². The predicted octanol–water partition coefficient (Wildman–Crippen LogP) is 4.33. The van der Waals surface area contributed by atoms with Gasteiger partial charge in [0.25, 0.3) is 5.82 Å². The highest BCUT2D eigenvalue weighted by Gasteiger charge is 2.40. The standard InChI is InChI=1S/C23H17F3N6O2/c1-22(16-4-8-18(9-5-16)34-13-11-28)14-19(15-2-6-17(7-3-15)33-12-10-27)32-21(30-22)29-20(31-32)23(24,25)26/h2-9,14H,12-13H2,1H3,(H,29,30,31)/t22-/m0/s1. The molecule has 2 aromatic carbocycles. The number of hydrogen-bond acceptors (Lipinski definition) is 7. The molecule has 4 rings (SSSR count). The molecule has 1 N–H and O–H groups in total. The van der Waals surface area contributed by atoms with Crippen LogP contribution in [0.3, 0.4) is 0 Å². The smallest absolute Gasteiger partial charge is 0.453 e. The summed E-state index contributed by atoms with van der Waals surface area (Å²) in [6, 6.07) is 17.2. The second kappa shape index (κ2) is 8.79. The Bertz CT molecular complexity index is 1300. The van der Waals surface area contributed by atoms with Gasteiger partial charge in [-0.3, -0.25) is 0 Å². The summed E-state index contributed by atoms with van der Waals surface area (Å²) in [5, 5.41) is 24.1. The molecule has 1 aliphatic rings. The lowest BCUT2D eigenvalue weighted by atomic mass is 9.88. The van der Waals surface area contributed by atoms with Crippen LogP contribution in [0.2, 0.25) is 0 Å². The van der Waals surface area contributed by atoms with Gasteiger partial charge in [-0.1, -0.05) is 12.1 Å². The normalized spacial score (nSPS) is 16.9. The van der Waals surface area contributed by atoms with E-state index < -0.39 is 17.5 Å². The quantitative estimate of drug-likeness (QED) is 0.576. The van der Waals surface area contributed by atoms with Crippen molar-refractivity contribution < 1.29 is 22.6 Å². The number of halogens is 3. The second-order valence-electron chi connectivity index (χ2n) is 7.47. The molecule has 11 heteroatoms. The van der Waals surface area contributed by atoms with Crippen LogP contribution in [-0.2, 0) is 11.7 Å². The summed E-state index contributed by atoms with van der Waals surface area (Å²) in [7, 11) is 0. The summed E-state index contributed by atoms with van der Waals surface area (Å²) in [6.07, 6.45) is -2.96. The molecule has 0 amide bonds. The van der Waals surface area contributed by atoms with E-state index in [4.69, 9.17) is 20.0 Å². The van der Waals surface area contributed by atoms with Gasteiger partial charge in [0, 0.05) is 5.56 Å². The molecule has 0 unspecified atom stereocenters. The molecule has 0 fully saturated rings. The minimum Gasteiger partial charge on any atom is -0.479 e. The van der Waals surface area contributed by atoms with Crippen molar-refractivity contribution in [3.63, 3.8) is 0 Å². The average molecular weight is 466 g/mol. The van der Waals surface area contributed by atoms with Crippen LogP contribution in [0.1, 0.15) is 23.9 Å². The number of alkyl halides is 3. The van der Waals surface area contributed by atoms with Crippen LogP contribution in [0, 0.1) is 22.7 Å². The zero-order chi connectivity index (χ0) is 24.3. The molecule has 1 aromatic heterocycles. The first-order valence-electron chi connectivity index (χ1n) is 9.99. The monoisotopic (exact) mass is 466 g/mol. The molecule has 8 nitrogen and oxygen atoms in total. The Morgan fingerprint density at radius 3 is 2.06 bits per heavy atom. The molecule has 172 valence electrons. The van der Waals surface area contributed by atoms with Crippen molar-refractivity contribution in [3.8, 4) is 23.6 Å². The molecule has 2 heterocycles. The second-order valence-corrected chi connectivity index (χ2v) is 7.47. The molecule has 1 atom stereocenters. The number of benzene rings is 2. The minimum atomic E-state index is -4.72. The van der Waals surface area contributed by atoms with Gasteiger partial charge in [0.2, 0.25) is 5.95 Å². The van der Waals surface area contributed by atoms with E-state index in [1.807, 2.05) is 12.1 Å². The number of rotatable bonds is 6. The van der Waals surface area contributed by atoms with Crippen molar-refractivity contribution in [1.29, 1.82) is 10.5 Å². The maximum atomic E-state index is 13.4. The largest absolute Gasteiger partial charge is 0.479 e. The molecule has 0 bridgehead atoms. The van der Waals surface area contributed by atoms with E-state index in [0.29, 0.717) is 22.8 Å². The molecular weight excluding hydrogens is 449 g/mol. The zero-order valence-electron chi connectivity index (χ0n) is 17.8. The molecular formula is C23H17F3N6O2. The zero-order valence-corrected chi connectivity index (χ0v) is 17.8. The van der Waals surface area contributed by atoms with E-state index in [2.05, 4.69) is 15.4 Å². The van der Waals surface area contributed by atoms with Crippen molar-refractivity contribution >= 4 is 11.6 Å². The van der Waals surface area contributed by atoms with E-state index >= 15 is 0 Å². The van der Waals surface area contributed by atoms with Gasteiger partial charge in [-0.15, -0.1) is 5.10 Å². The van der Waals surface area contributed by atoms with Gasteiger partial charge in [0.15, 0.2) is 13.2 Å². The lowest BCUT2D eigenvalue weighted by Gasteiger charge is -2.34. The summed E-state index contributed by atoms with van der Waals surface area (Å²) in [6.45, 7) is 1.57. The lowest BCUT2D eigenvalue weighted by molar-refractivity contribution is -0.144. The van der Waals surface area contributed by atoms with Crippen LogP contribution in [0.15, 0.2) is 54.6 Å². The first-order chi connectivity index (χ1) is 16.2. The van der Waals surface area contributed by atoms with Crippen molar-refractivity contribution in [1.82, 2.24) is 14.8 Å². The van der Waals surface area contributed by atoms with Crippen LogP contribution in [0.25, 0.3) is 5.70 Å². The molecule has 0 aliphatic carbocycles. The van der Waals surface area contributed by atoms with E-state index in [1.54, 1.807) is 61.5 Å². The highest BCUT2D eigenvalue weighted by Crippen LogP contribution is 2.39. The first-order valence-corrected chi connectivity index (χ1v) is 9.99. The lowest BCUT2D eigenvalue weighted by Crippen LogP contribution is -2.35. The number of aromatic nitrogens is 3. The maximum Gasteiger partial charge on any atom is 0.453 e. The highest BCUT2D eigenvalue weighted by molar-refractivity contribution is 5.73. The summed E-state index contributed by atoms with van der Waals surface area (Å²) in [4.78, 5) is 3.69. The Balaban J connectivity index is 1.77. The van der Waals surface area contributed by atoms with Crippen LogP contribution in [0.5, 0.6) is 11.5 Å². The number of fused-ring (bicyclic) bond motifs is 1. The SMILES string of the molecule is C[C@@]1(c2ccc(OCC#N)cc2)C=C(c2ccc(OCC#N)cc2)n2nc(C(F)(F)F)nc2N1. The van der Waals surface area contributed by atoms with Crippen molar-refractivity contribution in [3.05, 3.63) is 71.6 Å². The van der Waals surface area contributed by atoms with Crippen molar-refractivity contribution in [2.24, 2.45) is 0 Å². The number of hydrogen-bond donors (Lipinski definition) is 1. The molecule has 0 radical (unpaired) electrons. The van der Waals surface area contributed by atoms with Crippen LogP contribution >= 0.6 is 0 Å². The summed E-state index contributed by atoms with van der Waals surface area (Å²) in [5.41, 5.74) is 0.748. The van der Waals surface area contributed by atoms with Crippen LogP contribution in [-0.4, -0.2) is 28.0 Å². The maximum absolute atomic E-state index is 13.4. The Morgan fingerprint density at radius 2 is 1.53 bits per heavy atom. The van der Waals surface area contributed by atoms with E-state index in [1.165, 1.54) is 0 Å². The highest BCUT2D eigenvalue weighted by atomic mass is 19.4. The van der Waals surface area contributed by atoms with E-state index in [9.17, 15) is 13.2 Å². The van der Waals surface area contributed by atoms with Gasteiger partial charge in [-0.2, -0.15) is 33.4 Å². The Hall–Kier alpha value is -4.51. The van der Waals surface area contributed by atoms with Gasteiger partial charge < -0.3 is 14.8 Å². The topological polar surface area (TPSA) is 109 Å². The Kier molecular flexibility index (Phi) is 5.86. The number of nitrogens with one attached hydrogen (secondary N) is 1. The third-order valence-electron chi connectivity index (χ3n) is 5.10. The summed E-state index contributed by atoms with van der Waals surface area (Å²) < 4.78 is 51.8. The average Bonchev–Trinajstić information content (AvgIpc) is 3.26. The van der Waals surface area contributed by atoms with Gasteiger partial charge >= 0.3 is 6.18 Å². The summed E-state index contributed by atoms with van der Waals surface area (Å²) >= 11 is 0. The van der Waals surface area contributed by atoms with Crippen molar-refractivity contribution in [2.45, 2.75) is 18.6 Å². The van der Waals surface area contributed by atoms with Gasteiger partial charge in [0.05, 0.1) is 11.2 Å². The predicted molar refractivity (Wildman–Crippen MR) is 114 cm³/mol. The fraction of sp³-hybridized carbons (Fsp3) is 0.217. The third kappa shape index (κ3) is 4.50. The van der Waals surface area contributed by atoms with E-state index in [-0.39, 0.29) is 19.2 Å². The van der Waals surface area contributed by atoms with Gasteiger partial charge in [-0.25, -0.2) is 0 Å². The molecule has 1 aliphatic heterocycles. The Labute approximate surface area is 192 Å². The van der Waals surface area contributed by atoms with Crippen molar-refractivity contribution in [2.75, 3.05) is 18.5 Å². The molecule has 3 aromatic rings. The van der Waals surface area contributed by atoms with Gasteiger partial charge in [0.1, 0.15) is 23.6 Å². The summed E-state index contributed by atoms with van der Waals surface area (Å²) in [5.74, 6) is -0.393. The van der Waals surface area contributed by atoms with Gasteiger partial charge in [-0.05, 0) is 55.0 Å². The third-order valence-corrected chi connectivity index (χ3v) is 5.10. The number of nitrogens with zero attached hydrogens (tertiary/aromatic N) is 5. The Morgan fingerprint density at radius 1 is 0.971 bits per heavy atom. The molecule has 0 spiro atoms. The van der Waals surface area contributed by atoms with Crippen LogP contribution < -0.4 is 14.8 Å². The minimum absolute atomic E-state index is 0.0676. The molecule has 0 saturated heterocycles. The molecule has 34 heavy (non-hydrogen) atoms. The number of anilines is 1. The first kappa shape index (κ1) is 22.7. The fourth-order valence-electron chi connectivity index (χ4n) is 3.50. The number of nitriles is 2. The molecule has 0 saturated carbocycles. The number of ether oxygens (including phenoxy) is 2. The van der Waals surface area contributed by atoms with E-state index in [0.717, 1.165) is 10.2 Å².